The summed E-state index contributed by atoms with van der Waals surface area (Å²) in [6.45, 7) is 1.92. The molecule has 5 heteroatoms. The first-order valence-corrected chi connectivity index (χ1v) is 9.13. The Morgan fingerprint density at radius 1 is 1.47 bits per heavy atom. The highest BCUT2D eigenvalue weighted by atomic mass is 32.2. The Balaban J connectivity index is 1.69. The molecule has 3 nitrogen and oxygen atoms in total. The summed E-state index contributed by atoms with van der Waals surface area (Å²) in [4.78, 5) is 4.67. The van der Waals surface area contributed by atoms with Crippen molar-refractivity contribution < 1.29 is 4.21 Å². The average molecular weight is 274 g/mol. The van der Waals surface area contributed by atoms with Crippen molar-refractivity contribution in [3.63, 3.8) is 0 Å². The molecule has 1 unspecified atom stereocenters. The minimum Gasteiger partial charge on any atom is -0.365 e. The van der Waals surface area contributed by atoms with Crippen LogP contribution in [0.25, 0.3) is 0 Å². The van der Waals surface area contributed by atoms with Gasteiger partial charge in [-0.2, -0.15) is 0 Å². The first-order chi connectivity index (χ1) is 8.20. The first-order valence-electron chi connectivity index (χ1n) is 6.41. The zero-order chi connectivity index (χ0) is 12.1. The molecule has 2 rings (SSSR count). The van der Waals surface area contributed by atoms with Gasteiger partial charge in [-0.3, -0.25) is 9.20 Å². The van der Waals surface area contributed by atoms with Crippen molar-refractivity contribution in [3.05, 3.63) is 0 Å². The fraction of sp³-hybridized carbons (Fsp3) is 0.917. The smallest absolute Gasteiger partial charge is 0.156 e. The molecule has 0 radical (unpaired) electrons. The van der Waals surface area contributed by atoms with E-state index in [0.717, 1.165) is 30.4 Å². The van der Waals surface area contributed by atoms with E-state index in [0.29, 0.717) is 5.41 Å². The maximum absolute atomic E-state index is 10.9. The Bertz CT molecular complexity index is 312. The largest absolute Gasteiger partial charge is 0.365 e. The Kier molecular flexibility index (Phi) is 4.91. The zero-order valence-corrected chi connectivity index (χ0v) is 12.2. The van der Waals surface area contributed by atoms with Crippen LogP contribution in [-0.4, -0.2) is 40.2 Å². The van der Waals surface area contributed by atoms with Crippen molar-refractivity contribution in [2.45, 2.75) is 32.1 Å². The number of aliphatic imine (C=N–C) groups is 1. The van der Waals surface area contributed by atoms with E-state index in [1.807, 2.05) is 11.8 Å². The lowest BCUT2D eigenvalue weighted by Gasteiger charge is -2.31. The second kappa shape index (κ2) is 6.23. The summed E-state index contributed by atoms with van der Waals surface area (Å²) in [5.41, 5.74) is 0.529. The number of nitrogens with one attached hydrogen (secondary N) is 1. The van der Waals surface area contributed by atoms with E-state index in [9.17, 15) is 4.21 Å². The summed E-state index contributed by atoms with van der Waals surface area (Å²) in [5.74, 6) is 2.02. The fourth-order valence-corrected chi connectivity index (χ4v) is 4.29. The maximum Gasteiger partial charge on any atom is 0.156 e. The van der Waals surface area contributed by atoms with Crippen LogP contribution in [0.4, 0.5) is 0 Å². The highest BCUT2D eigenvalue weighted by Gasteiger charge is 2.36. The minimum atomic E-state index is -0.666. The lowest BCUT2D eigenvalue weighted by molar-refractivity contribution is 0.358. The van der Waals surface area contributed by atoms with Crippen LogP contribution in [0, 0.1) is 5.41 Å². The van der Waals surface area contributed by atoms with Crippen LogP contribution < -0.4 is 5.32 Å². The van der Waals surface area contributed by atoms with Gasteiger partial charge in [-0.25, -0.2) is 0 Å². The molecule has 1 aliphatic carbocycles. The van der Waals surface area contributed by atoms with Gasteiger partial charge in [-0.1, -0.05) is 24.6 Å². The number of thioether (sulfide) groups is 1. The molecule has 0 saturated heterocycles. The monoisotopic (exact) mass is 274 g/mol. The lowest BCUT2D eigenvalue weighted by Crippen LogP contribution is -2.34. The standard InChI is InChI=1S/C12H22N2OS2/c1-17(15)8-4-7-13-11-14-9-12(10-16-11)5-2-3-6-12/h2-10H2,1H3,(H,13,14). The Labute approximate surface area is 111 Å². The number of rotatable bonds is 4. The van der Waals surface area contributed by atoms with E-state index in [4.69, 9.17) is 0 Å². The third-order valence-corrected chi connectivity index (χ3v) is 5.79. The van der Waals surface area contributed by atoms with Gasteiger partial charge in [0.2, 0.25) is 0 Å². The van der Waals surface area contributed by atoms with E-state index in [-0.39, 0.29) is 0 Å². The lowest BCUT2D eigenvalue weighted by atomic mass is 9.89. The molecule has 0 aromatic heterocycles. The summed E-state index contributed by atoms with van der Waals surface area (Å²) in [5, 5.41) is 4.46. The molecular formula is C12H22N2OS2. The average Bonchev–Trinajstić information content (AvgIpc) is 2.75. The molecule has 0 amide bonds. The third-order valence-electron chi connectivity index (χ3n) is 3.62. The van der Waals surface area contributed by atoms with Crippen LogP contribution in [0.15, 0.2) is 4.99 Å². The topological polar surface area (TPSA) is 41.5 Å². The molecule has 1 heterocycles. The van der Waals surface area contributed by atoms with Gasteiger partial charge >= 0.3 is 0 Å². The fourth-order valence-electron chi connectivity index (χ4n) is 2.56. The predicted molar refractivity (Wildman–Crippen MR) is 77.2 cm³/mol. The quantitative estimate of drug-likeness (QED) is 0.797. The molecule has 0 bridgehead atoms. The Morgan fingerprint density at radius 2 is 2.24 bits per heavy atom. The summed E-state index contributed by atoms with van der Waals surface area (Å²) < 4.78 is 10.9. The van der Waals surface area contributed by atoms with Crippen LogP contribution in [0.5, 0.6) is 0 Å². The van der Waals surface area contributed by atoms with E-state index < -0.39 is 10.8 Å². The van der Waals surface area contributed by atoms with Crippen molar-refractivity contribution in [1.29, 1.82) is 0 Å². The number of hydrogen-bond acceptors (Lipinski definition) is 4. The summed E-state index contributed by atoms with van der Waals surface area (Å²) in [7, 11) is -0.666. The van der Waals surface area contributed by atoms with Crippen LogP contribution in [-0.2, 0) is 10.8 Å². The van der Waals surface area contributed by atoms with Crippen molar-refractivity contribution in [1.82, 2.24) is 5.32 Å². The Hall–Kier alpha value is -0.0300. The molecule has 17 heavy (non-hydrogen) atoms. The van der Waals surface area contributed by atoms with Gasteiger partial charge in [0.15, 0.2) is 5.17 Å². The van der Waals surface area contributed by atoms with Crippen LogP contribution in [0.1, 0.15) is 32.1 Å². The molecule has 1 spiro atoms. The second-order valence-corrected chi connectivity index (χ2v) is 7.69. The number of hydrogen-bond donors (Lipinski definition) is 1. The molecule has 0 aromatic rings. The van der Waals surface area contributed by atoms with E-state index in [2.05, 4.69) is 10.3 Å². The molecular weight excluding hydrogens is 252 g/mol. The van der Waals surface area contributed by atoms with Crippen LogP contribution >= 0.6 is 11.8 Å². The van der Waals surface area contributed by atoms with Gasteiger partial charge in [0.1, 0.15) is 0 Å². The summed E-state index contributed by atoms with van der Waals surface area (Å²) in [6.07, 6.45) is 8.24. The molecule has 98 valence electrons. The van der Waals surface area contributed by atoms with Gasteiger partial charge in [0.05, 0.1) is 0 Å². The number of nitrogens with zero attached hydrogens (tertiary/aromatic N) is 1. The highest BCUT2D eigenvalue weighted by Crippen LogP contribution is 2.43. The van der Waals surface area contributed by atoms with Crippen molar-refractivity contribution in [3.8, 4) is 0 Å². The summed E-state index contributed by atoms with van der Waals surface area (Å²) in [6, 6.07) is 0. The minimum absolute atomic E-state index is 0.529. The van der Waals surface area contributed by atoms with E-state index in [1.165, 1.54) is 31.4 Å². The van der Waals surface area contributed by atoms with Crippen LogP contribution in [0.3, 0.4) is 0 Å². The van der Waals surface area contributed by atoms with Gasteiger partial charge in [0, 0.05) is 41.7 Å². The number of amidine groups is 1. The third kappa shape index (κ3) is 3.98. The predicted octanol–water partition coefficient (Wildman–Crippen LogP) is 2.01. The maximum atomic E-state index is 10.9. The molecule has 1 N–H and O–H groups in total. The van der Waals surface area contributed by atoms with Gasteiger partial charge in [0.25, 0.3) is 0 Å². The molecule has 2 aliphatic rings. The summed E-state index contributed by atoms with van der Waals surface area (Å²) >= 11 is 1.88. The first kappa shape index (κ1) is 13.4. The SMILES string of the molecule is CS(=O)CCCNC1=NCC2(CCCC2)CS1. The second-order valence-electron chi connectivity index (χ2n) is 5.17. The molecule has 1 aliphatic heterocycles. The van der Waals surface area contributed by atoms with Gasteiger partial charge < -0.3 is 5.32 Å². The van der Waals surface area contributed by atoms with E-state index >= 15 is 0 Å². The van der Waals surface area contributed by atoms with Crippen molar-refractivity contribution in [2.24, 2.45) is 10.4 Å². The zero-order valence-electron chi connectivity index (χ0n) is 10.5. The molecule has 1 saturated carbocycles. The highest BCUT2D eigenvalue weighted by molar-refractivity contribution is 8.13. The van der Waals surface area contributed by atoms with Gasteiger partial charge in [-0.05, 0) is 24.7 Å². The normalized spacial score (nSPS) is 24.6. The Morgan fingerprint density at radius 3 is 2.82 bits per heavy atom. The molecule has 1 fully saturated rings. The van der Waals surface area contributed by atoms with Crippen molar-refractivity contribution >= 4 is 27.7 Å². The molecule has 0 aromatic carbocycles. The molecule has 1 atom stereocenters. The van der Waals surface area contributed by atoms with Crippen LogP contribution in [0.2, 0.25) is 0 Å². The van der Waals surface area contributed by atoms with Crippen molar-refractivity contribution in [2.75, 3.05) is 30.9 Å². The van der Waals surface area contributed by atoms with E-state index in [1.54, 1.807) is 6.26 Å². The van der Waals surface area contributed by atoms with Gasteiger partial charge in [-0.15, -0.1) is 0 Å².